The van der Waals surface area contributed by atoms with Gasteiger partial charge in [0.1, 0.15) is 12.8 Å². The van der Waals surface area contributed by atoms with Crippen molar-refractivity contribution < 1.29 is 22.8 Å². The first kappa shape index (κ1) is 22.0. The lowest BCUT2D eigenvalue weighted by atomic mass is 10.3. The van der Waals surface area contributed by atoms with Gasteiger partial charge >= 0.3 is 6.18 Å². The summed E-state index contributed by atoms with van der Waals surface area (Å²) in [5.74, 6) is -1.99. The maximum absolute atomic E-state index is 12.8. The Morgan fingerprint density at radius 2 is 2.21 bits per heavy atom. The number of anilines is 1. The number of halogens is 4. The molecule has 0 radical (unpaired) electrons. The molecule has 0 aliphatic rings. The molecular weight excluding hydrogens is 419 g/mol. The number of amides is 1. The van der Waals surface area contributed by atoms with Gasteiger partial charge in [-0.1, -0.05) is 16.8 Å². The lowest BCUT2D eigenvalue weighted by Crippen LogP contribution is -2.38. The fraction of sp³-hybridized carbons (Fsp3) is 0.375. The molecule has 28 heavy (non-hydrogen) atoms. The van der Waals surface area contributed by atoms with E-state index in [4.69, 9.17) is 11.6 Å². The van der Waals surface area contributed by atoms with Gasteiger partial charge in [-0.25, -0.2) is 4.68 Å². The maximum Gasteiger partial charge on any atom is 0.397 e. The second-order valence-electron chi connectivity index (χ2n) is 5.34. The summed E-state index contributed by atoms with van der Waals surface area (Å²) in [6.45, 7) is 1.90. The summed E-state index contributed by atoms with van der Waals surface area (Å²) in [6, 6.07) is 3.47. The number of oxime groups is 1. The monoisotopic (exact) mass is 435 g/mol. The Morgan fingerprint density at radius 3 is 2.79 bits per heavy atom. The number of rotatable bonds is 8. The third kappa shape index (κ3) is 5.86. The van der Waals surface area contributed by atoms with Crippen molar-refractivity contribution in [2.45, 2.75) is 13.1 Å². The van der Waals surface area contributed by atoms with Crippen LogP contribution in [-0.2, 0) is 9.63 Å². The molecule has 0 aromatic carbocycles. The molecule has 0 unspecified atom stereocenters. The Kier molecular flexibility index (Phi) is 7.69. The van der Waals surface area contributed by atoms with Gasteiger partial charge in [-0.15, -0.1) is 11.8 Å². The van der Waals surface area contributed by atoms with E-state index in [1.807, 2.05) is 0 Å². The van der Waals surface area contributed by atoms with Crippen LogP contribution in [0.2, 0.25) is 5.15 Å². The summed E-state index contributed by atoms with van der Waals surface area (Å²) < 4.78 is 38.6. The van der Waals surface area contributed by atoms with Crippen LogP contribution >= 0.6 is 23.4 Å². The van der Waals surface area contributed by atoms with Crippen LogP contribution in [0.3, 0.4) is 0 Å². The maximum atomic E-state index is 12.8. The lowest BCUT2D eigenvalue weighted by Gasteiger charge is -2.20. The van der Waals surface area contributed by atoms with E-state index in [9.17, 15) is 18.0 Å². The zero-order chi connectivity index (χ0) is 20.7. The number of alkyl halides is 3. The molecule has 0 bridgehead atoms. The average molecular weight is 436 g/mol. The summed E-state index contributed by atoms with van der Waals surface area (Å²) in [7, 11) is 1.21. The highest BCUT2D eigenvalue weighted by atomic mass is 35.5. The van der Waals surface area contributed by atoms with Gasteiger partial charge in [0, 0.05) is 18.5 Å². The third-order valence-electron chi connectivity index (χ3n) is 3.37. The zero-order valence-electron chi connectivity index (χ0n) is 15.0. The molecule has 152 valence electrons. The molecule has 0 aliphatic carbocycles. The van der Waals surface area contributed by atoms with Crippen molar-refractivity contribution in [3.63, 3.8) is 0 Å². The van der Waals surface area contributed by atoms with Crippen molar-refractivity contribution in [3.05, 3.63) is 35.9 Å². The van der Waals surface area contributed by atoms with Crippen molar-refractivity contribution in [1.29, 1.82) is 0 Å². The minimum atomic E-state index is -4.34. The van der Waals surface area contributed by atoms with Crippen molar-refractivity contribution in [3.8, 4) is 5.69 Å². The number of pyridine rings is 1. The molecule has 0 atom stereocenters. The van der Waals surface area contributed by atoms with Gasteiger partial charge in [-0.3, -0.25) is 9.78 Å². The van der Waals surface area contributed by atoms with Crippen LogP contribution in [0, 0.1) is 0 Å². The van der Waals surface area contributed by atoms with Crippen LogP contribution in [-0.4, -0.2) is 57.7 Å². The number of hydrogen-bond donors (Lipinski definition) is 0. The van der Waals surface area contributed by atoms with E-state index in [0.29, 0.717) is 23.1 Å². The highest BCUT2D eigenvalue weighted by Gasteiger charge is 2.29. The van der Waals surface area contributed by atoms with E-state index in [-0.39, 0.29) is 23.2 Å². The van der Waals surface area contributed by atoms with E-state index >= 15 is 0 Å². The van der Waals surface area contributed by atoms with Gasteiger partial charge in [-0.2, -0.15) is 18.3 Å². The molecule has 7 nitrogen and oxygen atoms in total. The van der Waals surface area contributed by atoms with Crippen LogP contribution < -0.4 is 4.90 Å². The van der Waals surface area contributed by atoms with Gasteiger partial charge in [0.15, 0.2) is 10.9 Å². The summed E-state index contributed by atoms with van der Waals surface area (Å²) in [5, 5.41) is 7.80. The van der Waals surface area contributed by atoms with Crippen LogP contribution in [0.4, 0.5) is 18.9 Å². The van der Waals surface area contributed by atoms with Crippen LogP contribution in [0.25, 0.3) is 5.69 Å². The Hall–Kier alpha value is -2.27. The normalized spacial score (nSPS) is 12.1. The Bertz CT molecular complexity index is 829. The Balaban J connectivity index is 2.24. The van der Waals surface area contributed by atoms with E-state index < -0.39 is 17.8 Å². The molecule has 0 N–H and O–H groups in total. The van der Waals surface area contributed by atoms with Crippen LogP contribution in [0.1, 0.15) is 6.92 Å². The molecule has 2 aromatic rings. The van der Waals surface area contributed by atoms with Crippen molar-refractivity contribution in [2.75, 3.05) is 30.1 Å². The Labute approximate surface area is 168 Å². The number of aromatic nitrogens is 3. The predicted molar refractivity (Wildman–Crippen MR) is 102 cm³/mol. The largest absolute Gasteiger partial charge is 0.399 e. The highest BCUT2D eigenvalue weighted by Crippen LogP contribution is 2.27. The minimum absolute atomic E-state index is 0.0544. The first-order valence-corrected chi connectivity index (χ1v) is 9.52. The van der Waals surface area contributed by atoms with E-state index in [0.717, 1.165) is 0 Å². The molecule has 2 rings (SSSR count). The van der Waals surface area contributed by atoms with E-state index in [1.54, 1.807) is 31.5 Å². The molecule has 0 fully saturated rings. The molecule has 0 spiro atoms. The molecule has 0 saturated carbocycles. The molecule has 1 amide bonds. The summed E-state index contributed by atoms with van der Waals surface area (Å²) in [6.07, 6.45) is 0.360. The molecule has 12 heteroatoms. The fourth-order valence-corrected chi connectivity index (χ4v) is 3.16. The first-order valence-electron chi connectivity index (χ1n) is 7.98. The predicted octanol–water partition coefficient (Wildman–Crippen LogP) is 3.57. The second-order valence-corrected chi connectivity index (χ2v) is 6.68. The molecule has 0 aliphatic heterocycles. The number of carbonyl (C=O) groups is 1. The highest BCUT2D eigenvalue weighted by molar-refractivity contribution is 8.00. The smallest absolute Gasteiger partial charge is 0.397 e. The van der Waals surface area contributed by atoms with Gasteiger partial charge in [0.05, 0.1) is 23.8 Å². The molecule has 0 saturated heterocycles. The average Bonchev–Trinajstić information content (AvgIpc) is 3.03. The summed E-state index contributed by atoms with van der Waals surface area (Å²) in [4.78, 5) is 22.7. The Morgan fingerprint density at radius 1 is 1.46 bits per heavy atom. The number of thioether (sulfide) groups is 1. The van der Waals surface area contributed by atoms with Crippen molar-refractivity contribution in [2.24, 2.45) is 5.16 Å². The van der Waals surface area contributed by atoms with Gasteiger partial charge in [0.25, 0.3) is 5.91 Å². The SMILES string of the molecule is CCN(C(=O)/C(CSCC(F)(F)F)=N\OC)c1cn(-c2cccnc2)nc1Cl. The first-order chi connectivity index (χ1) is 13.3. The standard InChI is InChI=1S/C16H17ClF3N5O2S/c1-3-24(15(26)12(23-27-2)9-28-10-16(18,19)20)13-8-25(22-14(13)17)11-5-4-6-21-7-11/h4-8H,3,9-10H2,1-2H3/b23-12-. The van der Waals surface area contributed by atoms with E-state index in [2.05, 4.69) is 20.1 Å². The van der Waals surface area contributed by atoms with Crippen LogP contribution in [0.15, 0.2) is 35.9 Å². The van der Waals surface area contributed by atoms with Gasteiger partial charge in [-0.05, 0) is 19.1 Å². The van der Waals surface area contributed by atoms with Crippen molar-refractivity contribution in [1.82, 2.24) is 14.8 Å². The quantitative estimate of drug-likeness (QED) is 0.468. The fourth-order valence-electron chi connectivity index (χ4n) is 2.23. The zero-order valence-corrected chi connectivity index (χ0v) is 16.6. The molecule has 2 heterocycles. The summed E-state index contributed by atoms with van der Waals surface area (Å²) >= 11 is 6.71. The number of hydrogen-bond acceptors (Lipinski definition) is 6. The molecule has 2 aromatic heterocycles. The topological polar surface area (TPSA) is 72.6 Å². The van der Waals surface area contributed by atoms with Crippen LogP contribution in [0.5, 0.6) is 0 Å². The lowest BCUT2D eigenvalue weighted by molar-refractivity contribution is -0.112. The molecular formula is C16H17ClF3N5O2S. The van der Waals surface area contributed by atoms with Crippen molar-refractivity contribution >= 4 is 40.7 Å². The minimum Gasteiger partial charge on any atom is -0.399 e. The van der Waals surface area contributed by atoms with E-state index in [1.165, 1.54) is 22.9 Å². The summed E-state index contributed by atoms with van der Waals surface area (Å²) in [5.41, 5.74) is 0.761. The van der Waals surface area contributed by atoms with Gasteiger partial charge < -0.3 is 9.74 Å². The number of carbonyl (C=O) groups excluding carboxylic acids is 1. The second kappa shape index (κ2) is 9.78. The number of nitrogens with zero attached hydrogens (tertiary/aromatic N) is 5. The van der Waals surface area contributed by atoms with Gasteiger partial charge in [0.2, 0.25) is 0 Å². The third-order valence-corrected chi connectivity index (χ3v) is 4.65.